The standard InChI is InChI=1S/C19H22N4O3S2/c20-11-16-5-3-8-23(16)18(24)13-22-9-7-15(12-22)21-28(25,26)19-10-14-4-1-2-6-17(14)27-19/h1-2,4,6,10,15-16,21H,3,5,7-9,12-13H2/t15-,16?/m0/s1. The summed E-state index contributed by atoms with van der Waals surface area (Å²) in [5.41, 5.74) is 0. The first kappa shape index (κ1) is 19.3. The Hall–Kier alpha value is -1.99. The van der Waals surface area contributed by atoms with Crippen molar-refractivity contribution in [3.05, 3.63) is 30.3 Å². The Morgan fingerprint density at radius 3 is 2.89 bits per heavy atom. The molecule has 28 heavy (non-hydrogen) atoms. The van der Waals surface area contributed by atoms with Gasteiger partial charge in [-0.25, -0.2) is 13.1 Å². The minimum absolute atomic E-state index is 0.0444. The number of fused-ring (bicyclic) bond motifs is 1. The Bertz CT molecular complexity index is 994. The molecule has 0 saturated carbocycles. The Morgan fingerprint density at radius 1 is 1.29 bits per heavy atom. The maximum Gasteiger partial charge on any atom is 0.250 e. The number of benzene rings is 1. The van der Waals surface area contributed by atoms with Crippen molar-refractivity contribution in [2.75, 3.05) is 26.2 Å². The smallest absolute Gasteiger partial charge is 0.250 e. The number of carbonyl (C=O) groups excluding carboxylic acids is 1. The lowest BCUT2D eigenvalue weighted by atomic mass is 10.2. The number of amides is 1. The molecule has 9 heteroatoms. The van der Waals surface area contributed by atoms with E-state index in [0.717, 1.165) is 22.9 Å². The van der Waals surface area contributed by atoms with Crippen LogP contribution in [0.4, 0.5) is 0 Å². The topological polar surface area (TPSA) is 93.5 Å². The lowest BCUT2D eigenvalue weighted by molar-refractivity contribution is -0.132. The van der Waals surface area contributed by atoms with Gasteiger partial charge in [0, 0.05) is 30.4 Å². The fourth-order valence-electron chi connectivity index (χ4n) is 3.92. The van der Waals surface area contributed by atoms with Gasteiger partial charge < -0.3 is 4.90 Å². The largest absolute Gasteiger partial charge is 0.326 e. The highest BCUT2D eigenvalue weighted by Crippen LogP contribution is 2.29. The molecule has 2 atom stereocenters. The van der Waals surface area contributed by atoms with Gasteiger partial charge in [-0.1, -0.05) is 18.2 Å². The van der Waals surface area contributed by atoms with E-state index in [4.69, 9.17) is 5.26 Å². The number of hydrogen-bond acceptors (Lipinski definition) is 6. The molecular weight excluding hydrogens is 396 g/mol. The molecule has 3 heterocycles. The average Bonchev–Trinajstić information content (AvgIpc) is 3.40. The van der Waals surface area contributed by atoms with Gasteiger partial charge in [0.1, 0.15) is 10.3 Å². The molecule has 1 aromatic carbocycles. The fraction of sp³-hybridized carbons (Fsp3) is 0.474. The summed E-state index contributed by atoms with van der Waals surface area (Å²) in [7, 11) is -3.58. The molecular formula is C19H22N4O3S2. The Labute approximate surface area is 168 Å². The highest BCUT2D eigenvalue weighted by Gasteiger charge is 2.33. The van der Waals surface area contributed by atoms with E-state index in [1.165, 1.54) is 11.3 Å². The van der Waals surface area contributed by atoms with Crippen molar-refractivity contribution in [2.45, 2.75) is 35.6 Å². The molecule has 2 aliphatic rings. The van der Waals surface area contributed by atoms with Crippen LogP contribution in [0.5, 0.6) is 0 Å². The zero-order chi connectivity index (χ0) is 19.7. The summed E-state index contributed by atoms with van der Waals surface area (Å²) < 4.78 is 29.5. The van der Waals surface area contributed by atoms with Crippen LogP contribution in [0.2, 0.25) is 0 Å². The number of hydrogen-bond donors (Lipinski definition) is 1. The Balaban J connectivity index is 1.36. The summed E-state index contributed by atoms with van der Waals surface area (Å²) in [4.78, 5) is 16.1. The number of nitrogens with one attached hydrogen (secondary N) is 1. The predicted molar refractivity (Wildman–Crippen MR) is 107 cm³/mol. The van der Waals surface area contributed by atoms with Crippen molar-refractivity contribution < 1.29 is 13.2 Å². The molecule has 0 radical (unpaired) electrons. The lowest BCUT2D eigenvalue weighted by Gasteiger charge is -2.23. The third-order valence-corrected chi connectivity index (χ3v) is 8.45. The quantitative estimate of drug-likeness (QED) is 0.799. The molecule has 1 aromatic heterocycles. The van der Waals surface area contributed by atoms with Crippen LogP contribution in [0.1, 0.15) is 19.3 Å². The second kappa shape index (κ2) is 7.79. The van der Waals surface area contributed by atoms with Crippen molar-refractivity contribution in [3.63, 3.8) is 0 Å². The molecule has 2 aliphatic heterocycles. The lowest BCUT2D eigenvalue weighted by Crippen LogP contribution is -2.43. The summed E-state index contributed by atoms with van der Waals surface area (Å²) in [6.45, 7) is 2.03. The van der Waals surface area contributed by atoms with Gasteiger partial charge in [0.05, 0.1) is 12.6 Å². The highest BCUT2D eigenvalue weighted by atomic mass is 32.2. The molecule has 148 valence electrons. The second-order valence-corrected chi connectivity index (χ2v) is 10.3. The number of rotatable bonds is 5. The SMILES string of the molecule is N#CC1CCCN1C(=O)CN1CC[C@H](NS(=O)(=O)c2cc3ccccc3s2)C1. The molecule has 7 nitrogen and oxygen atoms in total. The summed E-state index contributed by atoms with van der Waals surface area (Å²) in [6, 6.07) is 11.0. The molecule has 2 fully saturated rings. The molecule has 1 amide bonds. The normalized spacial score (nSPS) is 23.3. The molecule has 2 saturated heterocycles. The zero-order valence-corrected chi connectivity index (χ0v) is 17.0. The van der Waals surface area contributed by atoms with Gasteiger partial charge in [0.2, 0.25) is 15.9 Å². The molecule has 1 unspecified atom stereocenters. The monoisotopic (exact) mass is 418 g/mol. The fourth-order valence-corrected chi connectivity index (χ4v) is 6.60. The summed E-state index contributed by atoms with van der Waals surface area (Å²) in [6.07, 6.45) is 2.26. The van der Waals surface area contributed by atoms with Crippen LogP contribution in [-0.4, -0.2) is 62.4 Å². The maximum atomic E-state index is 12.7. The van der Waals surface area contributed by atoms with Crippen molar-refractivity contribution in [1.29, 1.82) is 5.26 Å². The summed E-state index contributed by atoms with van der Waals surface area (Å²) >= 11 is 1.26. The summed E-state index contributed by atoms with van der Waals surface area (Å²) in [5.74, 6) is -0.0444. The van der Waals surface area contributed by atoms with Gasteiger partial charge in [0.15, 0.2) is 0 Å². The van der Waals surface area contributed by atoms with Crippen LogP contribution < -0.4 is 4.72 Å². The third-order valence-electron chi connectivity index (χ3n) is 5.34. The van der Waals surface area contributed by atoms with Crippen LogP contribution in [0.3, 0.4) is 0 Å². The van der Waals surface area contributed by atoms with Crippen molar-refractivity contribution in [2.24, 2.45) is 0 Å². The first-order valence-corrected chi connectivity index (χ1v) is 11.7. The number of nitriles is 1. The van der Waals surface area contributed by atoms with Crippen molar-refractivity contribution in [1.82, 2.24) is 14.5 Å². The van der Waals surface area contributed by atoms with E-state index in [9.17, 15) is 13.2 Å². The first-order chi connectivity index (χ1) is 13.5. The molecule has 4 rings (SSSR count). The van der Waals surface area contributed by atoms with E-state index >= 15 is 0 Å². The number of thiophene rings is 1. The molecule has 2 aromatic rings. The minimum Gasteiger partial charge on any atom is -0.326 e. The van der Waals surface area contributed by atoms with E-state index in [2.05, 4.69) is 10.8 Å². The number of sulfonamides is 1. The van der Waals surface area contributed by atoms with Gasteiger partial charge in [-0.3, -0.25) is 9.69 Å². The van der Waals surface area contributed by atoms with E-state index in [0.29, 0.717) is 30.3 Å². The molecule has 0 spiro atoms. The van der Waals surface area contributed by atoms with Crippen LogP contribution in [0.15, 0.2) is 34.5 Å². The van der Waals surface area contributed by atoms with Gasteiger partial charge in [-0.2, -0.15) is 5.26 Å². The van der Waals surface area contributed by atoms with Gasteiger partial charge in [0.25, 0.3) is 0 Å². The van der Waals surface area contributed by atoms with E-state index in [1.54, 1.807) is 11.0 Å². The predicted octanol–water partition coefficient (Wildman–Crippen LogP) is 1.77. The van der Waals surface area contributed by atoms with Gasteiger partial charge in [-0.15, -0.1) is 11.3 Å². The van der Waals surface area contributed by atoms with E-state index < -0.39 is 10.0 Å². The molecule has 1 N–H and O–H groups in total. The van der Waals surface area contributed by atoms with Crippen molar-refractivity contribution >= 4 is 37.4 Å². The second-order valence-electron chi connectivity index (χ2n) is 7.32. The van der Waals surface area contributed by atoms with E-state index in [1.807, 2.05) is 29.2 Å². The highest BCUT2D eigenvalue weighted by molar-refractivity contribution is 7.91. The summed E-state index contributed by atoms with van der Waals surface area (Å²) in [5, 5.41) is 10.1. The van der Waals surface area contributed by atoms with Gasteiger partial charge >= 0.3 is 0 Å². The number of likely N-dealkylation sites (tertiary alicyclic amines) is 2. The molecule has 0 aliphatic carbocycles. The number of nitrogens with zero attached hydrogens (tertiary/aromatic N) is 3. The van der Waals surface area contributed by atoms with Crippen LogP contribution in [-0.2, 0) is 14.8 Å². The minimum atomic E-state index is -3.58. The van der Waals surface area contributed by atoms with Gasteiger partial charge in [-0.05, 0) is 36.8 Å². The van der Waals surface area contributed by atoms with Crippen LogP contribution in [0, 0.1) is 11.3 Å². The van der Waals surface area contributed by atoms with Crippen LogP contribution >= 0.6 is 11.3 Å². The average molecular weight is 419 g/mol. The van der Waals surface area contributed by atoms with E-state index in [-0.39, 0.29) is 24.5 Å². The Kier molecular flexibility index (Phi) is 5.38. The Morgan fingerprint density at radius 2 is 2.11 bits per heavy atom. The maximum absolute atomic E-state index is 12.7. The molecule has 0 bridgehead atoms. The zero-order valence-electron chi connectivity index (χ0n) is 15.4. The van der Waals surface area contributed by atoms with Crippen molar-refractivity contribution in [3.8, 4) is 6.07 Å². The first-order valence-electron chi connectivity index (χ1n) is 9.38. The third kappa shape index (κ3) is 3.91. The van der Waals surface area contributed by atoms with Crippen LogP contribution in [0.25, 0.3) is 10.1 Å². The number of carbonyl (C=O) groups is 1.